The van der Waals surface area contributed by atoms with E-state index < -0.39 is 10.0 Å². The molecule has 2 aliphatic rings. The van der Waals surface area contributed by atoms with E-state index in [1.54, 1.807) is 35.7 Å². The zero-order valence-electron chi connectivity index (χ0n) is 19.9. The van der Waals surface area contributed by atoms with Gasteiger partial charge in [-0.25, -0.2) is 13.2 Å². The van der Waals surface area contributed by atoms with E-state index in [0.717, 1.165) is 37.0 Å². The predicted molar refractivity (Wildman–Crippen MR) is 127 cm³/mol. The maximum atomic E-state index is 13.2. The summed E-state index contributed by atoms with van der Waals surface area (Å²) in [4.78, 5) is 17.6. The molecule has 9 heteroatoms. The number of carbonyl (C=O) groups is 1. The third kappa shape index (κ3) is 4.68. The molecule has 3 heterocycles. The normalized spacial score (nSPS) is 19.5. The second-order valence-corrected chi connectivity index (χ2v) is 11.9. The molecule has 1 N–H and O–H groups in total. The molecular formula is C24H34N5O3S+. The third-order valence-corrected chi connectivity index (χ3v) is 8.66. The molecule has 0 atom stereocenters. The molecule has 0 saturated carbocycles. The lowest BCUT2D eigenvalue weighted by atomic mass is 9.75. The molecule has 178 valence electrons. The molecule has 0 radical (unpaired) electrons. The van der Waals surface area contributed by atoms with Crippen LogP contribution in [-0.2, 0) is 23.6 Å². The molecule has 4 rings (SSSR count). The fraction of sp³-hybridized carbons (Fsp3) is 0.500. The molecule has 0 aliphatic carbocycles. The zero-order valence-corrected chi connectivity index (χ0v) is 20.7. The number of hydrogen-bond acceptors (Lipinski definition) is 5. The van der Waals surface area contributed by atoms with Gasteiger partial charge in [0.25, 0.3) is 0 Å². The smallest absolute Gasteiger partial charge is 0.335 e. The molecule has 8 nitrogen and oxygen atoms in total. The van der Waals surface area contributed by atoms with Crippen LogP contribution in [0, 0.1) is 5.41 Å². The molecule has 1 aromatic heterocycles. The number of carbonyl (C=O) groups excluding carboxylic acids is 1. The lowest BCUT2D eigenvalue weighted by Gasteiger charge is -2.51. The molecular weight excluding hydrogens is 438 g/mol. The van der Waals surface area contributed by atoms with Crippen molar-refractivity contribution in [3.05, 3.63) is 59.2 Å². The number of sulfonamides is 1. The van der Waals surface area contributed by atoms with Gasteiger partial charge in [-0.1, -0.05) is 12.1 Å². The van der Waals surface area contributed by atoms with Gasteiger partial charge in [0.1, 0.15) is 12.0 Å². The van der Waals surface area contributed by atoms with E-state index in [2.05, 4.69) is 10.3 Å². The summed E-state index contributed by atoms with van der Waals surface area (Å²) in [5.74, 6) is -0.0167. The van der Waals surface area contributed by atoms with E-state index in [1.165, 1.54) is 0 Å². The molecule has 2 aliphatic heterocycles. The summed E-state index contributed by atoms with van der Waals surface area (Å²) in [6, 6.07) is 10.6. The average Bonchev–Trinajstić information content (AvgIpc) is 2.77. The minimum Gasteiger partial charge on any atom is -0.335 e. The van der Waals surface area contributed by atoms with Crippen molar-refractivity contribution in [1.82, 2.24) is 14.2 Å². The first-order chi connectivity index (χ1) is 15.6. The van der Waals surface area contributed by atoms with Crippen molar-refractivity contribution in [2.45, 2.75) is 24.3 Å². The summed E-state index contributed by atoms with van der Waals surface area (Å²) in [5, 5.41) is 3.39. The van der Waals surface area contributed by atoms with Crippen molar-refractivity contribution in [2.24, 2.45) is 17.5 Å². The van der Waals surface area contributed by atoms with Gasteiger partial charge < -0.3 is 9.88 Å². The number of pyridine rings is 1. The minimum atomic E-state index is -3.49. The van der Waals surface area contributed by atoms with E-state index in [4.69, 9.17) is 0 Å². The molecule has 33 heavy (non-hydrogen) atoms. The third-order valence-electron chi connectivity index (χ3n) is 6.86. The van der Waals surface area contributed by atoms with Gasteiger partial charge in [0.2, 0.25) is 10.0 Å². The summed E-state index contributed by atoms with van der Waals surface area (Å²) < 4.78 is 29.6. The Hall–Kier alpha value is -2.33. The van der Waals surface area contributed by atoms with Crippen LogP contribution in [0.4, 0.5) is 0 Å². The second kappa shape index (κ2) is 8.79. The molecule has 2 saturated heterocycles. The topological polar surface area (TPSA) is 83.8 Å². The van der Waals surface area contributed by atoms with Crippen molar-refractivity contribution in [1.29, 1.82) is 0 Å². The Balaban J connectivity index is 1.44. The monoisotopic (exact) mass is 472 g/mol. The van der Waals surface area contributed by atoms with Crippen LogP contribution in [0.1, 0.15) is 28.8 Å². The SMILES string of the molecule is CN=c1ccc(C(=O)[N+](C)(C)Cc2ccc(S(=O)(=O)N3CC4(CCCNC4)C3)cc2)cn1C. The van der Waals surface area contributed by atoms with Crippen LogP contribution in [0.5, 0.6) is 0 Å². The average molecular weight is 473 g/mol. The number of rotatable bonds is 5. The first-order valence-electron chi connectivity index (χ1n) is 11.3. The van der Waals surface area contributed by atoms with Crippen molar-refractivity contribution in [3.8, 4) is 0 Å². The molecule has 2 aromatic rings. The van der Waals surface area contributed by atoms with Crippen LogP contribution in [0.25, 0.3) is 0 Å². The highest BCUT2D eigenvalue weighted by molar-refractivity contribution is 7.89. The Kier molecular flexibility index (Phi) is 6.34. The fourth-order valence-electron chi connectivity index (χ4n) is 4.92. The van der Waals surface area contributed by atoms with Gasteiger partial charge in [-0.15, -0.1) is 0 Å². The van der Waals surface area contributed by atoms with Crippen LogP contribution >= 0.6 is 0 Å². The number of quaternary nitrogens is 1. The molecule has 1 aromatic carbocycles. The van der Waals surface area contributed by atoms with Gasteiger partial charge in [0.05, 0.1) is 24.6 Å². The summed E-state index contributed by atoms with van der Waals surface area (Å²) in [6.45, 7) is 3.55. The van der Waals surface area contributed by atoms with Crippen LogP contribution in [0.2, 0.25) is 0 Å². The van der Waals surface area contributed by atoms with Gasteiger partial charge in [0, 0.05) is 50.9 Å². The van der Waals surface area contributed by atoms with Gasteiger partial charge in [-0.05, 0) is 43.7 Å². The van der Waals surface area contributed by atoms with Gasteiger partial charge in [-0.2, -0.15) is 4.31 Å². The fourth-order valence-corrected chi connectivity index (χ4v) is 6.59. The lowest BCUT2D eigenvalue weighted by Crippen LogP contribution is -2.63. The second-order valence-electron chi connectivity index (χ2n) is 9.96. The van der Waals surface area contributed by atoms with Gasteiger partial charge in [0.15, 0.2) is 0 Å². The number of amides is 1. The Bertz CT molecular complexity index is 1200. The van der Waals surface area contributed by atoms with E-state index >= 15 is 0 Å². The molecule has 1 amide bonds. The Morgan fingerprint density at radius 3 is 2.42 bits per heavy atom. The molecule has 1 spiro atoms. The first kappa shape index (κ1) is 23.8. The number of aromatic nitrogens is 1. The van der Waals surface area contributed by atoms with Crippen LogP contribution in [-0.4, -0.2) is 75.0 Å². The van der Waals surface area contributed by atoms with E-state index in [1.807, 2.05) is 43.9 Å². The van der Waals surface area contributed by atoms with E-state index in [0.29, 0.717) is 30.1 Å². The summed E-state index contributed by atoms with van der Waals surface area (Å²) >= 11 is 0. The highest BCUT2D eigenvalue weighted by Crippen LogP contribution is 2.39. The summed E-state index contributed by atoms with van der Waals surface area (Å²) in [6.07, 6.45) is 3.98. The maximum Gasteiger partial charge on any atom is 0.347 e. The van der Waals surface area contributed by atoms with Crippen LogP contribution < -0.4 is 10.8 Å². The number of hydrogen-bond donors (Lipinski definition) is 1. The molecule has 0 bridgehead atoms. The van der Waals surface area contributed by atoms with Crippen molar-refractivity contribution in [2.75, 3.05) is 47.3 Å². The van der Waals surface area contributed by atoms with Crippen molar-refractivity contribution >= 4 is 15.9 Å². The number of benzene rings is 1. The van der Waals surface area contributed by atoms with Crippen LogP contribution in [0.15, 0.2) is 52.5 Å². The summed E-state index contributed by atoms with van der Waals surface area (Å²) in [7, 11) is 3.82. The Morgan fingerprint density at radius 2 is 1.85 bits per heavy atom. The van der Waals surface area contributed by atoms with Gasteiger partial charge >= 0.3 is 5.91 Å². The minimum absolute atomic E-state index is 0.0167. The van der Waals surface area contributed by atoms with Crippen LogP contribution in [0.3, 0.4) is 0 Å². The number of nitrogens with one attached hydrogen (secondary N) is 1. The lowest BCUT2D eigenvalue weighted by molar-refractivity contribution is -0.821. The number of aryl methyl sites for hydroxylation is 1. The Labute approximate surface area is 196 Å². The highest BCUT2D eigenvalue weighted by atomic mass is 32.2. The first-order valence-corrected chi connectivity index (χ1v) is 12.8. The largest absolute Gasteiger partial charge is 0.347 e. The molecule has 2 fully saturated rings. The van der Waals surface area contributed by atoms with Gasteiger partial charge in [-0.3, -0.25) is 9.48 Å². The number of piperidine rings is 1. The van der Waals surface area contributed by atoms with Crippen molar-refractivity contribution in [3.63, 3.8) is 0 Å². The van der Waals surface area contributed by atoms with E-state index in [-0.39, 0.29) is 15.8 Å². The Morgan fingerprint density at radius 1 is 1.15 bits per heavy atom. The zero-order chi connectivity index (χ0) is 23.9. The molecule has 0 unspecified atom stereocenters. The van der Waals surface area contributed by atoms with Crippen molar-refractivity contribution < 1.29 is 17.7 Å². The standard InChI is InChI=1S/C24H34N5O3S/c1-25-22-11-8-20(14-27(22)2)23(30)29(3,4)15-19-6-9-21(10-7-19)33(31,32)28-17-24(18-28)12-5-13-26-16-24/h6-11,14,26H,5,12-13,15-18H2,1-4H3/q+1. The highest BCUT2D eigenvalue weighted by Gasteiger charge is 2.48. The van der Waals surface area contributed by atoms with E-state index in [9.17, 15) is 13.2 Å². The quantitative estimate of drug-likeness (QED) is 0.666. The number of nitrogens with zero attached hydrogens (tertiary/aromatic N) is 4. The predicted octanol–water partition coefficient (Wildman–Crippen LogP) is 1.35. The maximum absolute atomic E-state index is 13.2. The summed E-state index contributed by atoms with van der Waals surface area (Å²) in [5.41, 5.74) is 2.42.